The minimum atomic E-state index is 0.417. The van der Waals surface area contributed by atoms with Crippen LogP contribution in [0.4, 0.5) is 0 Å². The monoisotopic (exact) mass is 576 g/mol. The van der Waals surface area contributed by atoms with Crippen LogP contribution in [0.1, 0.15) is 11.1 Å². The third-order valence-electron chi connectivity index (χ3n) is 7.17. The Labute approximate surface area is 254 Å². The van der Waals surface area contributed by atoms with Gasteiger partial charge in [0.05, 0.1) is 0 Å². The topological polar surface area (TPSA) is 102 Å². The van der Waals surface area contributed by atoms with E-state index in [-0.39, 0.29) is 0 Å². The molecule has 44 heavy (non-hydrogen) atoms. The molecule has 2 aromatic heterocycles. The molecular weight excluding hydrogens is 548 g/mol. The Balaban J connectivity index is 1.10. The second kappa shape index (κ2) is 12.5. The molecule has 7 rings (SSSR count). The van der Waals surface area contributed by atoms with E-state index in [4.69, 9.17) is 19.4 Å². The van der Waals surface area contributed by atoms with Crippen LogP contribution in [0.15, 0.2) is 133 Å². The van der Waals surface area contributed by atoms with Gasteiger partial charge in [-0.05, 0) is 30.3 Å². The zero-order chi connectivity index (χ0) is 29.6. The summed E-state index contributed by atoms with van der Waals surface area (Å²) in [6, 6.07) is 43.5. The zero-order valence-corrected chi connectivity index (χ0v) is 23.7. The maximum Gasteiger partial charge on any atom is 0.181 e. The highest BCUT2D eigenvalue weighted by Gasteiger charge is 2.15. The van der Waals surface area contributed by atoms with Crippen LogP contribution in [0.3, 0.4) is 0 Å². The van der Waals surface area contributed by atoms with Crippen LogP contribution >= 0.6 is 0 Å². The minimum Gasteiger partial charge on any atom is -0.489 e. The SMILES string of the molecule is c1ccc(OCc2ccccc2-c2nc(-c3cccc(-c4n[nH]c(-c5ccccc5COc5ccccc5)n4)c3)n[nH]2)cc1. The maximum absolute atomic E-state index is 6.00. The van der Waals surface area contributed by atoms with Gasteiger partial charge in [-0.1, -0.05) is 103 Å². The Morgan fingerprint density at radius 3 is 1.36 bits per heavy atom. The van der Waals surface area contributed by atoms with Crippen LogP contribution < -0.4 is 9.47 Å². The summed E-state index contributed by atoms with van der Waals surface area (Å²) in [5, 5.41) is 15.3. The highest BCUT2D eigenvalue weighted by atomic mass is 16.5. The molecule has 0 radical (unpaired) electrons. The van der Waals surface area contributed by atoms with Gasteiger partial charge in [0.2, 0.25) is 0 Å². The molecule has 8 nitrogen and oxygen atoms in total. The van der Waals surface area contributed by atoms with Gasteiger partial charge >= 0.3 is 0 Å². The number of hydrogen-bond donors (Lipinski definition) is 2. The first-order valence-corrected chi connectivity index (χ1v) is 14.3. The molecule has 0 aliphatic rings. The summed E-state index contributed by atoms with van der Waals surface area (Å²) >= 11 is 0. The quantitative estimate of drug-likeness (QED) is 0.173. The molecule has 0 amide bonds. The van der Waals surface area contributed by atoms with E-state index in [0.717, 1.165) is 44.9 Å². The van der Waals surface area contributed by atoms with Crippen LogP contribution in [0, 0.1) is 0 Å². The summed E-state index contributed by atoms with van der Waals surface area (Å²) in [5.74, 6) is 4.15. The predicted octanol–water partition coefficient (Wildman–Crippen LogP) is 7.75. The van der Waals surface area contributed by atoms with Crippen LogP contribution in [0.25, 0.3) is 45.6 Å². The minimum absolute atomic E-state index is 0.417. The average molecular weight is 577 g/mol. The van der Waals surface area contributed by atoms with E-state index in [0.29, 0.717) is 36.5 Å². The molecule has 2 heterocycles. The molecule has 7 aromatic rings. The van der Waals surface area contributed by atoms with Gasteiger partial charge in [0, 0.05) is 33.4 Å². The Bertz CT molecular complexity index is 1840. The molecule has 8 heteroatoms. The number of para-hydroxylation sites is 2. The van der Waals surface area contributed by atoms with E-state index in [1.807, 2.05) is 133 Å². The fourth-order valence-corrected chi connectivity index (χ4v) is 4.93. The zero-order valence-electron chi connectivity index (χ0n) is 23.7. The molecule has 0 bridgehead atoms. The molecule has 214 valence electrons. The first-order valence-electron chi connectivity index (χ1n) is 14.3. The number of H-pyrrole nitrogens is 2. The fraction of sp³-hybridized carbons (Fsp3) is 0.0556. The molecule has 0 saturated carbocycles. The van der Waals surface area contributed by atoms with Gasteiger partial charge < -0.3 is 9.47 Å². The number of nitrogens with one attached hydrogen (secondary N) is 2. The smallest absolute Gasteiger partial charge is 0.181 e. The van der Waals surface area contributed by atoms with Crippen molar-refractivity contribution < 1.29 is 9.47 Å². The fourth-order valence-electron chi connectivity index (χ4n) is 4.93. The van der Waals surface area contributed by atoms with E-state index in [1.165, 1.54) is 0 Å². The van der Waals surface area contributed by atoms with E-state index in [2.05, 4.69) is 20.4 Å². The van der Waals surface area contributed by atoms with E-state index in [9.17, 15) is 0 Å². The van der Waals surface area contributed by atoms with Gasteiger partial charge in [0.25, 0.3) is 0 Å². The van der Waals surface area contributed by atoms with Gasteiger partial charge in [-0.2, -0.15) is 10.2 Å². The largest absolute Gasteiger partial charge is 0.489 e. The standard InChI is InChI=1S/C36H28N6O2/c1-3-16-29(17-4-1)43-23-27-12-7-9-20-31(27)35-37-33(39-41-35)25-14-11-15-26(22-25)34-38-36(42-40-34)32-21-10-8-13-28(32)24-44-30-18-5-2-6-19-30/h1-22H,23-24H2,(H,37,39,41)(H,38,40,42). The second-order valence-corrected chi connectivity index (χ2v) is 10.1. The summed E-state index contributed by atoms with van der Waals surface area (Å²) in [5.41, 5.74) is 5.60. The number of aromatic amines is 2. The van der Waals surface area contributed by atoms with Gasteiger partial charge in [-0.25, -0.2) is 9.97 Å². The molecule has 0 fully saturated rings. The third kappa shape index (κ3) is 5.96. The summed E-state index contributed by atoms with van der Waals surface area (Å²) in [6.45, 7) is 0.834. The molecule has 0 saturated heterocycles. The van der Waals surface area contributed by atoms with Gasteiger partial charge in [-0.3, -0.25) is 10.2 Å². The van der Waals surface area contributed by atoms with E-state index in [1.54, 1.807) is 0 Å². The molecule has 0 aliphatic carbocycles. The molecule has 0 unspecified atom stereocenters. The van der Waals surface area contributed by atoms with Crippen molar-refractivity contribution in [2.75, 3.05) is 0 Å². The van der Waals surface area contributed by atoms with Crippen molar-refractivity contribution >= 4 is 0 Å². The van der Waals surface area contributed by atoms with E-state index >= 15 is 0 Å². The molecule has 5 aromatic carbocycles. The number of hydrogen-bond acceptors (Lipinski definition) is 6. The van der Waals surface area contributed by atoms with Crippen LogP contribution in [0.5, 0.6) is 11.5 Å². The van der Waals surface area contributed by atoms with Gasteiger partial charge in [0.15, 0.2) is 23.3 Å². The van der Waals surface area contributed by atoms with Crippen molar-refractivity contribution in [2.45, 2.75) is 13.2 Å². The van der Waals surface area contributed by atoms with Crippen LogP contribution in [-0.2, 0) is 13.2 Å². The number of rotatable bonds is 10. The lowest BCUT2D eigenvalue weighted by Gasteiger charge is -2.09. The lowest BCUT2D eigenvalue weighted by molar-refractivity contribution is 0.306. The van der Waals surface area contributed by atoms with Crippen LogP contribution in [0.2, 0.25) is 0 Å². The third-order valence-corrected chi connectivity index (χ3v) is 7.17. The van der Waals surface area contributed by atoms with Gasteiger partial charge in [-0.15, -0.1) is 0 Å². The lowest BCUT2D eigenvalue weighted by Crippen LogP contribution is -1.98. The summed E-state index contributed by atoms with van der Waals surface area (Å²) in [6.07, 6.45) is 0. The van der Waals surface area contributed by atoms with Crippen LogP contribution in [-0.4, -0.2) is 30.4 Å². The van der Waals surface area contributed by atoms with E-state index < -0.39 is 0 Å². The number of ether oxygens (including phenoxy) is 2. The first kappa shape index (κ1) is 26.9. The number of benzene rings is 5. The molecule has 0 aliphatic heterocycles. The normalized spacial score (nSPS) is 10.9. The molecule has 2 N–H and O–H groups in total. The average Bonchev–Trinajstić information content (AvgIpc) is 3.79. The van der Waals surface area contributed by atoms with Crippen molar-refractivity contribution in [3.8, 4) is 57.1 Å². The summed E-state index contributed by atoms with van der Waals surface area (Å²) < 4.78 is 12.0. The first-order chi connectivity index (χ1) is 21.8. The highest BCUT2D eigenvalue weighted by molar-refractivity contribution is 5.70. The van der Waals surface area contributed by atoms with Gasteiger partial charge in [0.1, 0.15) is 24.7 Å². The van der Waals surface area contributed by atoms with Crippen molar-refractivity contribution in [3.05, 3.63) is 145 Å². The number of aromatic nitrogens is 6. The van der Waals surface area contributed by atoms with Crippen molar-refractivity contribution in [3.63, 3.8) is 0 Å². The van der Waals surface area contributed by atoms with Crippen molar-refractivity contribution in [2.24, 2.45) is 0 Å². The molecular formula is C36H28N6O2. The maximum atomic E-state index is 6.00. The second-order valence-electron chi connectivity index (χ2n) is 10.1. The Hall–Kier alpha value is -6.02. The lowest BCUT2D eigenvalue weighted by atomic mass is 10.1. The Kier molecular flexibility index (Phi) is 7.61. The Morgan fingerprint density at radius 2 is 0.886 bits per heavy atom. The van der Waals surface area contributed by atoms with Crippen molar-refractivity contribution in [1.82, 2.24) is 30.4 Å². The predicted molar refractivity (Wildman–Crippen MR) is 170 cm³/mol. The number of nitrogens with zero attached hydrogens (tertiary/aromatic N) is 4. The highest BCUT2D eigenvalue weighted by Crippen LogP contribution is 2.28. The molecule has 0 atom stereocenters. The Morgan fingerprint density at radius 1 is 0.455 bits per heavy atom. The molecule has 0 spiro atoms. The van der Waals surface area contributed by atoms with Crippen molar-refractivity contribution in [1.29, 1.82) is 0 Å². The summed E-state index contributed by atoms with van der Waals surface area (Å²) in [4.78, 5) is 9.65. The summed E-state index contributed by atoms with van der Waals surface area (Å²) in [7, 11) is 0.